The fourth-order valence-corrected chi connectivity index (χ4v) is 4.37. The lowest BCUT2D eigenvalue weighted by atomic mass is 10.1. The van der Waals surface area contributed by atoms with Crippen molar-refractivity contribution < 1.29 is 37.9 Å². The molecule has 0 saturated heterocycles. The van der Waals surface area contributed by atoms with Crippen LogP contribution in [0.4, 0.5) is 0 Å². The summed E-state index contributed by atoms with van der Waals surface area (Å²) in [6, 6.07) is 0. The molecule has 1 atom stereocenters. The van der Waals surface area contributed by atoms with Gasteiger partial charge in [-0.25, -0.2) is 4.57 Å². The first-order valence-corrected chi connectivity index (χ1v) is 17.5. The first-order chi connectivity index (χ1) is 20.3. The molecule has 42 heavy (non-hydrogen) atoms. The maximum absolute atomic E-state index is 12.2. The van der Waals surface area contributed by atoms with Crippen LogP contribution >= 0.6 is 7.82 Å². The topological polar surface area (TPSA) is 119 Å². The third-order valence-electron chi connectivity index (χ3n) is 6.36. The molecular formula is C33H57O8P. The highest BCUT2D eigenvalue weighted by Gasteiger charge is 2.22. The van der Waals surface area contributed by atoms with Crippen LogP contribution in [0.1, 0.15) is 129 Å². The SMILES string of the molecule is CC/C=C\C/C=C\C/C=C\C/C=C\CCCCCCCCCCC(=O)OC(COC(=O)CCCCC)COP(=O)(O)O. The van der Waals surface area contributed by atoms with Gasteiger partial charge in [0.1, 0.15) is 6.61 Å². The molecule has 0 fully saturated rings. The van der Waals surface area contributed by atoms with E-state index in [2.05, 4.69) is 60.1 Å². The summed E-state index contributed by atoms with van der Waals surface area (Å²) in [5, 5.41) is 0. The molecule has 0 spiro atoms. The van der Waals surface area contributed by atoms with Crippen LogP contribution in [0.2, 0.25) is 0 Å². The highest BCUT2D eigenvalue weighted by Crippen LogP contribution is 2.35. The number of hydrogen-bond donors (Lipinski definition) is 2. The molecule has 0 aromatic heterocycles. The average molecular weight is 613 g/mol. The Morgan fingerprint density at radius 3 is 1.71 bits per heavy atom. The number of carbonyl (C=O) groups is 2. The number of phosphoric acid groups is 1. The Kier molecular flexibility index (Phi) is 27.7. The van der Waals surface area contributed by atoms with Crippen molar-refractivity contribution in [3.63, 3.8) is 0 Å². The van der Waals surface area contributed by atoms with Crippen LogP contribution in [-0.4, -0.2) is 41.0 Å². The molecule has 0 aromatic rings. The van der Waals surface area contributed by atoms with Gasteiger partial charge in [-0.3, -0.25) is 14.1 Å². The lowest BCUT2D eigenvalue weighted by Gasteiger charge is -2.18. The number of phosphoric ester groups is 1. The van der Waals surface area contributed by atoms with E-state index in [4.69, 9.17) is 19.3 Å². The van der Waals surface area contributed by atoms with Crippen molar-refractivity contribution in [1.29, 1.82) is 0 Å². The number of allylic oxidation sites excluding steroid dienone is 8. The lowest BCUT2D eigenvalue weighted by Crippen LogP contribution is -2.29. The van der Waals surface area contributed by atoms with Gasteiger partial charge in [-0.05, 0) is 51.4 Å². The average Bonchev–Trinajstić information content (AvgIpc) is 2.95. The van der Waals surface area contributed by atoms with E-state index in [-0.39, 0.29) is 19.4 Å². The van der Waals surface area contributed by atoms with Crippen molar-refractivity contribution in [1.82, 2.24) is 0 Å². The Morgan fingerprint density at radius 1 is 0.643 bits per heavy atom. The fourth-order valence-electron chi connectivity index (χ4n) is 4.01. The van der Waals surface area contributed by atoms with Crippen LogP contribution in [0.3, 0.4) is 0 Å². The zero-order chi connectivity index (χ0) is 31.2. The standard InChI is InChI=1S/C33H57O8P/c1-3-5-7-8-9-10-11-12-13-14-15-16-17-18-19-20-21-22-23-24-26-28-33(35)41-31(30-40-42(36,37)38)29-39-32(34)27-25-6-4-2/h5,7,9-10,12-13,15-16,31H,3-4,6,8,11,14,17-30H2,1-2H3,(H2,36,37,38)/b7-5-,10-9-,13-12-,16-15-. The Hall–Kier alpha value is -1.99. The molecule has 2 N–H and O–H groups in total. The van der Waals surface area contributed by atoms with Crippen LogP contribution in [-0.2, 0) is 28.2 Å². The van der Waals surface area contributed by atoms with Gasteiger partial charge in [0.05, 0.1) is 6.61 Å². The molecule has 0 aliphatic rings. The number of carbonyl (C=O) groups excluding carboxylic acids is 2. The molecule has 0 aliphatic heterocycles. The summed E-state index contributed by atoms with van der Waals surface area (Å²) in [6.07, 6.45) is 33.5. The van der Waals surface area contributed by atoms with Gasteiger partial charge in [-0.1, -0.05) is 114 Å². The molecule has 0 heterocycles. The third kappa shape index (κ3) is 31.0. The number of rotatable bonds is 28. The van der Waals surface area contributed by atoms with Crippen molar-refractivity contribution in [2.24, 2.45) is 0 Å². The second-order valence-corrected chi connectivity index (χ2v) is 11.6. The molecule has 9 heteroatoms. The van der Waals surface area contributed by atoms with Gasteiger partial charge >= 0.3 is 19.8 Å². The summed E-state index contributed by atoms with van der Waals surface area (Å²) in [4.78, 5) is 41.9. The molecule has 8 nitrogen and oxygen atoms in total. The van der Waals surface area contributed by atoms with Crippen LogP contribution in [0.25, 0.3) is 0 Å². The van der Waals surface area contributed by atoms with Crippen LogP contribution < -0.4 is 0 Å². The number of ether oxygens (including phenoxy) is 2. The van der Waals surface area contributed by atoms with E-state index in [1.54, 1.807) is 0 Å². The van der Waals surface area contributed by atoms with Gasteiger partial charge in [-0.15, -0.1) is 0 Å². The molecule has 0 amide bonds. The van der Waals surface area contributed by atoms with Gasteiger partial charge in [0.15, 0.2) is 6.10 Å². The maximum atomic E-state index is 12.2. The minimum Gasteiger partial charge on any atom is -0.462 e. The number of hydrogen-bond acceptors (Lipinski definition) is 6. The second-order valence-electron chi connectivity index (χ2n) is 10.4. The monoisotopic (exact) mass is 612 g/mol. The molecule has 0 bridgehead atoms. The van der Waals surface area contributed by atoms with Crippen molar-refractivity contribution in [2.45, 2.75) is 136 Å². The minimum absolute atomic E-state index is 0.200. The molecule has 242 valence electrons. The predicted octanol–water partition coefficient (Wildman–Crippen LogP) is 8.84. The van der Waals surface area contributed by atoms with Crippen LogP contribution in [0, 0.1) is 0 Å². The summed E-state index contributed by atoms with van der Waals surface area (Å²) in [7, 11) is -4.73. The first kappa shape index (κ1) is 40.0. The summed E-state index contributed by atoms with van der Waals surface area (Å²) in [6.45, 7) is 3.34. The number of unbranched alkanes of at least 4 members (excludes halogenated alkanes) is 10. The Morgan fingerprint density at radius 2 is 1.14 bits per heavy atom. The molecule has 0 radical (unpaired) electrons. The summed E-state index contributed by atoms with van der Waals surface area (Å²) in [5.41, 5.74) is 0. The normalized spacial score (nSPS) is 13.1. The zero-order valence-corrected chi connectivity index (χ0v) is 27.0. The van der Waals surface area contributed by atoms with E-state index < -0.39 is 32.5 Å². The zero-order valence-electron chi connectivity index (χ0n) is 26.1. The molecule has 0 aliphatic carbocycles. The molecule has 1 unspecified atom stereocenters. The van der Waals surface area contributed by atoms with Gasteiger partial charge in [-0.2, -0.15) is 0 Å². The van der Waals surface area contributed by atoms with Crippen molar-refractivity contribution in [2.75, 3.05) is 13.2 Å². The maximum Gasteiger partial charge on any atom is 0.469 e. The van der Waals surface area contributed by atoms with E-state index in [0.29, 0.717) is 12.8 Å². The summed E-state index contributed by atoms with van der Waals surface area (Å²) in [5.74, 6) is -0.928. The molecule has 0 aromatic carbocycles. The quantitative estimate of drug-likeness (QED) is 0.0389. The first-order valence-electron chi connectivity index (χ1n) is 15.9. The van der Waals surface area contributed by atoms with E-state index in [9.17, 15) is 14.2 Å². The van der Waals surface area contributed by atoms with E-state index in [0.717, 1.165) is 64.2 Å². The highest BCUT2D eigenvalue weighted by molar-refractivity contribution is 7.46. The summed E-state index contributed by atoms with van der Waals surface area (Å²) >= 11 is 0. The molecular weight excluding hydrogens is 555 g/mol. The van der Waals surface area contributed by atoms with Gasteiger partial charge in [0, 0.05) is 12.8 Å². The van der Waals surface area contributed by atoms with E-state index >= 15 is 0 Å². The van der Waals surface area contributed by atoms with Crippen molar-refractivity contribution in [3.8, 4) is 0 Å². The molecule has 0 saturated carbocycles. The Balaban J connectivity index is 3.85. The van der Waals surface area contributed by atoms with E-state index in [1.165, 1.54) is 25.7 Å². The molecule has 0 rings (SSSR count). The van der Waals surface area contributed by atoms with Crippen LogP contribution in [0.15, 0.2) is 48.6 Å². The lowest BCUT2D eigenvalue weighted by molar-refractivity contribution is -0.161. The Labute approximate surface area is 254 Å². The smallest absolute Gasteiger partial charge is 0.462 e. The van der Waals surface area contributed by atoms with Gasteiger partial charge in [0.25, 0.3) is 0 Å². The number of esters is 2. The second kappa shape index (κ2) is 29.1. The van der Waals surface area contributed by atoms with E-state index in [1.807, 2.05) is 6.92 Å². The highest BCUT2D eigenvalue weighted by atomic mass is 31.2. The minimum atomic E-state index is -4.73. The Bertz CT molecular complexity index is 828. The van der Waals surface area contributed by atoms with Gasteiger partial charge in [0.2, 0.25) is 0 Å². The largest absolute Gasteiger partial charge is 0.469 e. The van der Waals surface area contributed by atoms with Gasteiger partial charge < -0.3 is 19.3 Å². The fraction of sp³-hybridized carbons (Fsp3) is 0.697. The van der Waals surface area contributed by atoms with Crippen molar-refractivity contribution >= 4 is 19.8 Å². The predicted molar refractivity (Wildman–Crippen MR) is 170 cm³/mol. The summed E-state index contributed by atoms with van der Waals surface area (Å²) < 4.78 is 25.9. The third-order valence-corrected chi connectivity index (χ3v) is 6.85. The van der Waals surface area contributed by atoms with Crippen molar-refractivity contribution in [3.05, 3.63) is 48.6 Å². The van der Waals surface area contributed by atoms with Crippen LogP contribution in [0.5, 0.6) is 0 Å².